The SMILES string of the molecule is O=C(O)CCNC(=O)N1CCCC1c1ccc2c(c1)OCO2. The van der Waals surface area contributed by atoms with Crippen molar-refractivity contribution in [1.82, 2.24) is 10.2 Å². The van der Waals surface area contributed by atoms with E-state index >= 15 is 0 Å². The molecule has 1 atom stereocenters. The lowest BCUT2D eigenvalue weighted by Crippen LogP contribution is -2.40. The summed E-state index contributed by atoms with van der Waals surface area (Å²) in [7, 11) is 0. The first-order chi connectivity index (χ1) is 10.6. The lowest BCUT2D eigenvalue weighted by Gasteiger charge is -2.25. The van der Waals surface area contributed by atoms with Gasteiger partial charge in [-0.15, -0.1) is 0 Å². The predicted octanol–water partition coefficient (Wildman–Crippen LogP) is 1.74. The van der Waals surface area contributed by atoms with Crippen molar-refractivity contribution in [1.29, 1.82) is 0 Å². The predicted molar refractivity (Wildman–Crippen MR) is 76.9 cm³/mol. The van der Waals surface area contributed by atoms with Crippen LogP contribution in [0.15, 0.2) is 18.2 Å². The summed E-state index contributed by atoms with van der Waals surface area (Å²) >= 11 is 0. The van der Waals surface area contributed by atoms with Crippen LogP contribution in [0, 0.1) is 0 Å². The zero-order valence-electron chi connectivity index (χ0n) is 12.1. The Bertz CT molecular complexity index is 589. The maximum absolute atomic E-state index is 12.2. The lowest BCUT2D eigenvalue weighted by atomic mass is 10.0. The molecular formula is C15H18N2O5. The van der Waals surface area contributed by atoms with Crippen LogP contribution in [0.3, 0.4) is 0 Å². The molecule has 1 aromatic carbocycles. The van der Waals surface area contributed by atoms with E-state index in [4.69, 9.17) is 14.6 Å². The minimum Gasteiger partial charge on any atom is -0.481 e. The number of carboxylic acid groups (broad SMARTS) is 1. The largest absolute Gasteiger partial charge is 0.481 e. The summed E-state index contributed by atoms with van der Waals surface area (Å²) in [6.45, 7) is 1.03. The minimum atomic E-state index is -0.922. The number of fused-ring (bicyclic) bond motifs is 1. The number of hydrogen-bond donors (Lipinski definition) is 2. The first-order valence-electron chi connectivity index (χ1n) is 7.31. The number of benzene rings is 1. The number of nitrogens with one attached hydrogen (secondary N) is 1. The molecule has 1 saturated heterocycles. The van der Waals surface area contributed by atoms with Crippen LogP contribution in [0.4, 0.5) is 4.79 Å². The fourth-order valence-corrected chi connectivity index (χ4v) is 2.85. The van der Waals surface area contributed by atoms with Gasteiger partial charge < -0.3 is 24.8 Å². The van der Waals surface area contributed by atoms with Crippen molar-refractivity contribution in [2.24, 2.45) is 0 Å². The van der Waals surface area contributed by atoms with E-state index in [1.54, 1.807) is 4.90 Å². The van der Waals surface area contributed by atoms with Crippen LogP contribution >= 0.6 is 0 Å². The smallest absolute Gasteiger partial charge is 0.317 e. The number of carbonyl (C=O) groups excluding carboxylic acids is 1. The van der Waals surface area contributed by atoms with Gasteiger partial charge in [-0.3, -0.25) is 4.79 Å². The maximum atomic E-state index is 12.2. The Morgan fingerprint density at radius 2 is 2.14 bits per heavy atom. The summed E-state index contributed by atoms with van der Waals surface area (Å²) in [5.41, 5.74) is 1.01. The molecule has 2 N–H and O–H groups in total. The fraction of sp³-hybridized carbons (Fsp3) is 0.467. The van der Waals surface area contributed by atoms with Crippen LogP contribution in [0.1, 0.15) is 30.9 Å². The maximum Gasteiger partial charge on any atom is 0.317 e. The van der Waals surface area contributed by atoms with E-state index in [1.165, 1.54) is 0 Å². The highest BCUT2D eigenvalue weighted by Gasteiger charge is 2.31. The molecule has 0 radical (unpaired) electrons. The molecule has 1 fully saturated rings. The van der Waals surface area contributed by atoms with E-state index in [0.29, 0.717) is 12.3 Å². The highest BCUT2D eigenvalue weighted by Crippen LogP contribution is 2.38. The van der Waals surface area contributed by atoms with Gasteiger partial charge in [-0.05, 0) is 30.5 Å². The first-order valence-corrected chi connectivity index (χ1v) is 7.31. The highest BCUT2D eigenvalue weighted by atomic mass is 16.7. The van der Waals surface area contributed by atoms with Gasteiger partial charge in [0.1, 0.15) is 0 Å². The normalized spacial score (nSPS) is 19.3. The van der Waals surface area contributed by atoms with Crippen molar-refractivity contribution in [2.45, 2.75) is 25.3 Å². The molecule has 0 saturated carbocycles. The second-order valence-electron chi connectivity index (χ2n) is 5.34. The van der Waals surface area contributed by atoms with E-state index in [-0.39, 0.29) is 31.8 Å². The van der Waals surface area contributed by atoms with Gasteiger partial charge in [0.05, 0.1) is 12.5 Å². The van der Waals surface area contributed by atoms with Crippen LogP contribution in [0.25, 0.3) is 0 Å². The number of rotatable bonds is 4. The molecule has 2 heterocycles. The van der Waals surface area contributed by atoms with Crippen molar-refractivity contribution in [3.8, 4) is 11.5 Å². The number of nitrogens with zero attached hydrogens (tertiary/aromatic N) is 1. The Morgan fingerprint density at radius 3 is 2.95 bits per heavy atom. The van der Waals surface area contributed by atoms with E-state index in [2.05, 4.69) is 5.32 Å². The zero-order chi connectivity index (χ0) is 15.5. The number of urea groups is 1. The standard InChI is InChI=1S/C15H18N2O5/c18-14(19)5-6-16-15(20)17-7-1-2-11(17)10-3-4-12-13(8-10)22-9-21-12/h3-4,8,11H,1-2,5-7,9H2,(H,16,20)(H,18,19). The van der Waals surface area contributed by atoms with Gasteiger partial charge in [0.25, 0.3) is 0 Å². The van der Waals surface area contributed by atoms with Crippen LogP contribution < -0.4 is 14.8 Å². The minimum absolute atomic E-state index is 0.0145. The molecule has 1 unspecified atom stereocenters. The third-order valence-corrected chi connectivity index (χ3v) is 3.91. The number of hydrogen-bond acceptors (Lipinski definition) is 4. The lowest BCUT2D eigenvalue weighted by molar-refractivity contribution is -0.136. The van der Waals surface area contributed by atoms with E-state index in [9.17, 15) is 9.59 Å². The van der Waals surface area contributed by atoms with Gasteiger partial charge in [0, 0.05) is 13.1 Å². The van der Waals surface area contributed by atoms with E-state index < -0.39 is 5.97 Å². The number of ether oxygens (including phenoxy) is 2. The number of likely N-dealkylation sites (tertiary alicyclic amines) is 1. The molecule has 3 rings (SSSR count). The number of carboxylic acids is 1. The first kappa shape index (κ1) is 14.5. The molecule has 22 heavy (non-hydrogen) atoms. The van der Waals surface area contributed by atoms with Gasteiger partial charge in [-0.2, -0.15) is 0 Å². The highest BCUT2D eigenvalue weighted by molar-refractivity contribution is 5.76. The third-order valence-electron chi connectivity index (χ3n) is 3.91. The Morgan fingerprint density at radius 1 is 1.32 bits per heavy atom. The van der Waals surface area contributed by atoms with Gasteiger partial charge in [-0.1, -0.05) is 6.07 Å². The van der Waals surface area contributed by atoms with Crippen LogP contribution in [-0.2, 0) is 4.79 Å². The number of aliphatic carboxylic acids is 1. The van der Waals surface area contributed by atoms with Crippen molar-refractivity contribution < 1.29 is 24.2 Å². The molecular weight excluding hydrogens is 288 g/mol. The number of carbonyl (C=O) groups is 2. The van der Waals surface area contributed by atoms with Gasteiger partial charge in [0.2, 0.25) is 6.79 Å². The quantitative estimate of drug-likeness (QED) is 0.884. The average molecular weight is 306 g/mol. The summed E-state index contributed by atoms with van der Waals surface area (Å²) in [6.07, 6.45) is 1.73. The summed E-state index contributed by atoms with van der Waals surface area (Å²) in [4.78, 5) is 24.5. The molecule has 0 spiro atoms. The summed E-state index contributed by atoms with van der Waals surface area (Å²) in [5.74, 6) is 0.504. The van der Waals surface area contributed by atoms with E-state index in [0.717, 1.165) is 24.2 Å². The van der Waals surface area contributed by atoms with Gasteiger partial charge in [0.15, 0.2) is 11.5 Å². The molecule has 0 aromatic heterocycles. The van der Waals surface area contributed by atoms with Crippen molar-refractivity contribution >= 4 is 12.0 Å². The van der Waals surface area contributed by atoms with Crippen molar-refractivity contribution in [2.75, 3.05) is 19.9 Å². The Balaban J connectivity index is 1.67. The van der Waals surface area contributed by atoms with Crippen LogP contribution in [0.2, 0.25) is 0 Å². The van der Waals surface area contributed by atoms with Crippen molar-refractivity contribution in [3.05, 3.63) is 23.8 Å². The molecule has 1 aromatic rings. The Kier molecular flexibility index (Phi) is 4.04. The van der Waals surface area contributed by atoms with E-state index in [1.807, 2.05) is 18.2 Å². The number of amides is 2. The molecule has 2 amide bonds. The zero-order valence-corrected chi connectivity index (χ0v) is 12.1. The summed E-state index contributed by atoms with van der Waals surface area (Å²) in [6, 6.07) is 5.48. The second kappa shape index (κ2) is 6.13. The average Bonchev–Trinajstić information content (AvgIpc) is 3.14. The molecule has 7 nitrogen and oxygen atoms in total. The molecule has 0 bridgehead atoms. The third kappa shape index (κ3) is 2.93. The monoisotopic (exact) mass is 306 g/mol. The summed E-state index contributed by atoms with van der Waals surface area (Å²) < 4.78 is 10.7. The molecule has 118 valence electrons. The van der Waals surface area contributed by atoms with Gasteiger partial charge in [-0.25, -0.2) is 4.79 Å². The molecule has 7 heteroatoms. The van der Waals surface area contributed by atoms with Crippen LogP contribution in [-0.4, -0.2) is 41.9 Å². The topological polar surface area (TPSA) is 88.1 Å². The molecule has 0 aliphatic carbocycles. The fourth-order valence-electron chi connectivity index (χ4n) is 2.85. The summed E-state index contributed by atoms with van der Waals surface area (Å²) in [5, 5.41) is 11.3. The van der Waals surface area contributed by atoms with Crippen molar-refractivity contribution in [3.63, 3.8) is 0 Å². The Hall–Kier alpha value is -2.44. The van der Waals surface area contributed by atoms with Crippen LogP contribution in [0.5, 0.6) is 11.5 Å². The molecule has 2 aliphatic rings. The molecule has 2 aliphatic heterocycles. The van der Waals surface area contributed by atoms with Gasteiger partial charge >= 0.3 is 12.0 Å². The Labute approximate surface area is 127 Å². The second-order valence-corrected chi connectivity index (χ2v) is 5.34.